The summed E-state index contributed by atoms with van der Waals surface area (Å²) in [5, 5.41) is 0. The Bertz CT molecular complexity index is 416. The maximum atomic E-state index is 6.41. The van der Waals surface area contributed by atoms with Gasteiger partial charge in [-0.05, 0) is 50.3 Å². The second kappa shape index (κ2) is 7.50. The van der Waals surface area contributed by atoms with Crippen LogP contribution in [0, 0.1) is 5.92 Å². The Kier molecular flexibility index (Phi) is 5.68. The molecular formula is C16H25NO3. The van der Waals surface area contributed by atoms with Crippen LogP contribution in [-0.4, -0.2) is 26.4 Å². The summed E-state index contributed by atoms with van der Waals surface area (Å²) in [7, 11) is 0. The van der Waals surface area contributed by atoms with Crippen LogP contribution in [0.3, 0.4) is 0 Å². The van der Waals surface area contributed by atoms with Crippen molar-refractivity contribution in [3.05, 3.63) is 23.8 Å². The fraction of sp³-hybridized carbons (Fsp3) is 0.625. The molecule has 1 fully saturated rings. The lowest BCUT2D eigenvalue weighted by molar-refractivity contribution is 0.0583. The summed E-state index contributed by atoms with van der Waals surface area (Å²) in [4.78, 5) is 0. The highest BCUT2D eigenvalue weighted by molar-refractivity contribution is 5.44. The van der Waals surface area contributed by atoms with Gasteiger partial charge in [0.25, 0.3) is 0 Å². The number of hydrogen-bond acceptors (Lipinski definition) is 4. The molecule has 4 nitrogen and oxygen atoms in total. The summed E-state index contributed by atoms with van der Waals surface area (Å²) in [6.07, 6.45) is 2.05. The molecule has 112 valence electrons. The van der Waals surface area contributed by atoms with Crippen LogP contribution in [0.5, 0.6) is 11.5 Å². The second-order valence-electron chi connectivity index (χ2n) is 5.05. The Morgan fingerprint density at radius 2 is 1.80 bits per heavy atom. The fourth-order valence-electron chi connectivity index (χ4n) is 2.62. The molecule has 0 aliphatic carbocycles. The van der Waals surface area contributed by atoms with E-state index < -0.39 is 0 Å². The fourth-order valence-corrected chi connectivity index (χ4v) is 2.62. The van der Waals surface area contributed by atoms with Crippen LogP contribution >= 0.6 is 0 Å². The first-order valence-corrected chi connectivity index (χ1v) is 7.49. The van der Waals surface area contributed by atoms with E-state index in [1.165, 1.54) is 0 Å². The third kappa shape index (κ3) is 3.64. The van der Waals surface area contributed by atoms with Gasteiger partial charge in [0.15, 0.2) is 11.5 Å². The molecule has 2 N–H and O–H groups in total. The zero-order valence-corrected chi connectivity index (χ0v) is 12.4. The summed E-state index contributed by atoms with van der Waals surface area (Å²) in [6.45, 7) is 6.82. The molecule has 0 amide bonds. The maximum absolute atomic E-state index is 6.41. The smallest absolute Gasteiger partial charge is 0.161 e. The largest absolute Gasteiger partial charge is 0.490 e. The third-order valence-corrected chi connectivity index (χ3v) is 3.73. The summed E-state index contributed by atoms with van der Waals surface area (Å²) in [5.41, 5.74) is 7.52. The van der Waals surface area contributed by atoms with Crippen LogP contribution in [0.2, 0.25) is 0 Å². The molecule has 2 rings (SSSR count). The molecule has 20 heavy (non-hydrogen) atoms. The molecule has 1 aliphatic heterocycles. The zero-order valence-electron chi connectivity index (χ0n) is 12.4. The van der Waals surface area contributed by atoms with E-state index in [1.54, 1.807) is 0 Å². The Labute approximate surface area is 121 Å². The average Bonchev–Trinajstić information content (AvgIpc) is 2.50. The van der Waals surface area contributed by atoms with E-state index in [1.807, 2.05) is 32.0 Å². The summed E-state index contributed by atoms with van der Waals surface area (Å²) < 4.78 is 16.6. The maximum Gasteiger partial charge on any atom is 0.161 e. The average molecular weight is 279 g/mol. The minimum absolute atomic E-state index is 0.0359. The molecule has 1 aliphatic rings. The van der Waals surface area contributed by atoms with Crippen LogP contribution in [0.4, 0.5) is 0 Å². The summed E-state index contributed by atoms with van der Waals surface area (Å²) >= 11 is 0. The van der Waals surface area contributed by atoms with E-state index >= 15 is 0 Å². The Balaban J connectivity index is 2.16. The Hall–Kier alpha value is -1.26. The molecule has 1 aromatic carbocycles. The predicted molar refractivity (Wildman–Crippen MR) is 79.3 cm³/mol. The first-order chi connectivity index (χ1) is 9.76. The third-order valence-electron chi connectivity index (χ3n) is 3.73. The van der Waals surface area contributed by atoms with E-state index in [0.717, 1.165) is 43.1 Å². The van der Waals surface area contributed by atoms with Crippen LogP contribution in [0.15, 0.2) is 18.2 Å². The van der Waals surface area contributed by atoms with Crippen molar-refractivity contribution in [2.45, 2.75) is 32.7 Å². The molecule has 0 aromatic heterocycles. The van der Waals surface area contributed by atoms with Gasteiger partial charge in [0.1, 0.15) is 0 Å². The van der Waals surface area contributed by atoms with Crippen molar-refractivity contribution in [1.82, 2.24) is 0 Å². The predicted octanol–water partition coefficient (Wildman–Crippen LogP) is 2.91. The van der Waals surface area contributed by atoms with Crippen LogP contribution in [0.1, 0.15) is 38.3 Å². The normalized spacial score (nSPS) is 17.8. The number of nitrogens with two attached hydrogens (primary N) is 1. The summed E-state index contributed by atoms with van der Waals surface area (Å²) in [5.74, 6) is 2.06. The van der Waals surface area contributed by atoms with Crippen LogP contribution in [0.25, 0.3) is 0 Å². The molecule has 0 radical (unpaired) electrons. The highest BCUT2D eigenvalue weighted by Gasteiger charge is 2.23. The molecule has 1 heterocycles. The quantitative estimate of drug-likeness (QED) is 0.870. The van der Waals surface area contributed by atoms with Crippen LogP contribution < -0.4 is 15.2 Å². The van der Waals surface area contributed by atoms with Crippen molar-refractivity contribution < 1.29 is 14.2 Å². The molecule has 1 unspecified atom stereocenters. The molecule has 1 saturated heterocycles. The van der Waals surface area contributed by atoms with Gasteiger partial charge in [-0.3, -0.25) is 0 Å². The molecular weight excluding hydrogens is 254 g/mol. The number of ether oxygens (including phenoxy) is 3. The van der Waals surface area contributed by atoms with Gasteiger partial charge in [0.05, 0.1) is 13.2 Å². The second-order valence-corrected chi connectivity index (χ2v) is 5.05. The van der Waals surface area contributed by atoms with Gasteiger partial charge in [-0.25, -0.2) is 0 Å². The van der Waals surface area contributed by atoms with Crippen molar-refractivity contribution >= 4 is 0 Å². The lowest BCUT2D eigenvalue weighted by Gasteiger charge is -2.28. The standard InChI is InChI=1S/C16H25NO3/c1-3-19-14-6-5-13(11-15(14)20-4-2)16(17)12-7-9-18-10-8-12/h5-6,11-12,16H,3-4,7-10,17H2,1-2H3. The van der Waals surface area contributed by atoms with E-state index in [-0.39, 0.29) is 6.04 Å². The molecule has 1 aromatic rings. The van der Waals surface area contributed by atoms with Gasteiger partial charge in [0, 0.05) is 19.3 Å². The first kappa shape index (κ1) is 15.1. The number of rotatable bonds is 6. The molecule has 4 heteroatoms. The van der Waals surface area contributed by atoms with Gasteiger partial charge >= 0.3 is 0 Å². The topological polar surface area (TPSA) is 53.7 Å². The molecule has 0 saturated carbocycles. The van der Waals surface area contributed by atoms with Crippen molar-refractivity contribution in [3.8, 4) is 11.5 Å². The van der Waals surface area contributed by atoms with E-state index in [9.17, 15) is 0 Å². The molecule has 1 atom stereocenters. The SMILES string of the molecule is CCOc1ccc(C(N)C2CCOCC2)cc1OCC. The monoisotopic (exact) mass is 279 g/mol. The van der Waals surface area contributed by atoms with Crippen molar-refractivity contribution in [2.24, 2.45) is 11.7 Å². The van der Waals surface area contributed by atoms with E-state index in [2.05, 4.69) is 0 Å². The minimum Gasteiger partial charge on any atom is -0.490 e. The summed E-state index contributed by atoms with van der Waals surface area (Å²) in [6, 6.07) is 6.07. The minimum atomic E-state index is 0.0359. The zero-order chi connectivity index (χ0) is 14.4. The van der Waals surface area contributed by atoms with Crippen molar-refractivity contribution in [1.29, 1.82) is 0 Å². The highest BCUT2D eigenvalue weighted by atomic mass is 16.5. The van der Waals surface area contributed by atoms with Crippen molar-refractivity contribution in [2.75, 3.05) is 26.4 Å². The van der Waals surface area contributed by atoms with E-state index in [0.29, 0.717) is 19.1 Å². The highest BCUT2D eigenvalue weighted by Crippen LogP contribution is 2.34. The first-order valence-electron chi connectivity index (χ1n) is 7.49. The Morgan fingerprint density at radius 3 is 2.45 bits per heavy atom. The van der Waals surface area contributed by atoms with Crippen LogP contribution in [-0.2, 0) is 4.74 Å². The number of benzene rings is 1. The lowest BCUT2D eigenvalue weighted by atomic mass is 9.87. The Morgan fingerprint density at radius 1 is 1.15 bits per heavy atom. The molecule has 0 spiro atoms. The number of hydrogen-bond donors (Lipinski definition) is 1. The van der Waals surface area contributed by atoms with Gasteiger partial charge in [-0.1, -0.05) is 6.07 Å². The van der Waals surface area contributed by atoms with Gasteiger partial charge in [-0.2, -0.15) is 0 Å². The van der Waals surface area contributed by atoms with E-state index in [4.69, 9.17) is 19.9 Å². The van der Waals surface area contributed by atoms with Gasteiger partial charge in [-0.15, -0.1) is 0 Å². The van der Waals surface area contributed by atoms with Crippen molar-refractivity contribution in [3.63, 3.8) is 0 Å². The lowest BCUT2D eigenvalue weighted by Crippen LogP contribution is -2.27. The van der Waals surface area contributed by atoms with Gasteiger partial charge in [0.2, 0.25) is 0 Å². The van der Waals surface area contributed by atoms with Gasteiger partial charge < -0.3 is 19.9 Å². The molecule has 0 bridgehead atoms.